The quantitative estimate of drug-likeness (QED) is 0.820. The van der Waals surface area contributed by atoms with Gasteiger partial charge in [-0.15, -0.1) is 0 Å². The minimum Gasteiger partial charge on any atom is -0.480 e. The molecule has 6 nitrogen and oxygen atoms in total. The number of carboxylic acids is 1. The Bertz CT molecular complexity index is 460. The number of carboxylic acid groups (broad SMARTS) is 1. The summed E-state index contributed by atoms with van der Waals surface area (Å²) in [4.78, 5) is 22.6. The Morgan fingerprint density at radius 2 is 2.18 bits per heavy atom. The summed E-state index contributed by atoms with van der Waals surface area (Å²) in [5, 5.41) is 15.0. The van der Waals surface area contributed by atoms with Crippen LogP contribution >= 0.6 is 0 Å². The van der Waals surface area contributed by atoms with Crippen molar-refractivity contribution >= 4 is 11.9 Å². The maximum absolute atomic E-state index is 11.7. The number of carbonyl (C=O) groups is 2. The summed E-state index contributed by atoms with van der Waals surface area (Å²) in [6.07, 6.45) is 2.13. The molecule has 17 heavy (non-hydrogen) atoms. The van der Waals surface area contributed by atoms with Crippen LogP contribution in [0.15, 0.2) is 10.6 Å². The Morgan fingerprint density at radius 3 is 2.71 bits per heavy atom. The first-order valence-electron chi connectivity index (χ1n) is 5.42. The zero-order valence-electron chi connectivity index (χ0n) is 9.69. The Balaban J connectivity index is 2.06. The molecule has 1 amide bonds. The third kappa shape index (κ3) is 2.46. The van der Waals surface area contributed by atoms with Crippen LogP contribution < -0.4 is 5.32 Å². The standard InChI is InChI=1S/C11H14N2O4/c1-11(2,10(15)16)12-9(14)8-5-7(13-17-8)6-3-4-6/h5-6H,3-4H2,1-2H3,(H,12,14)(H,15,16). The Labute approximate surface area is 98.0 Å². The van der Waals surface area contributed by atoms with Crippen LogP contribution in [0.25, 0.3) is 0 Å². The molecule has 1 saturated carbocycles. The number of hydrogen-bond acceptors (Lipinski definition) is 4. The predicted molar refractivity (Wildman–Crippen MR) is 57.7 cm³/mol. The maximum atomic E-state index is 11.7. The highest BCUT2D eigenvalue weighted by atomic mass is 16.5. The fraction of sp³-hybridized carbons (Fsp3) is 0.545. The van der Waals surface area contributed by atoms with Crippen LogP contribution in [0.5, 0.6) is 0 Å². The average molecular weight is 238 g/mol. The number of amides is 1. The minimum absolute atomic E-state index is 0.0567. The van der Waals surface area contributed by atoms with Crippen LogP contribution in [0.3, 0.4) is 0 Å². The number of aromatic nitrogens is 1. The number of hydrogen-bond donors (Lipinski definition) is 2. The van der Waals surface area contributed by atoms with Crippen molar-refractivity contribution < 1.29 is 19.2 Å². The number of nitrogens with zero attached hydrogens (tertiary/aromatic N) is 1. The van der Waals surface area contributed by atoms with E-state index in [1.165, 1.54) is 13.8 Å². The molecule has 0 radical (unpaired) electrons. The van der Waals surface area contributed by atoms with Gasteiger partial charge in [0.25, 0.3) is 5.91 Å². The molecule has 2 rings (SSSR count). The first kappa shape index (κ1) is 11.6. The van der Waals surface area contributed by atoms with E-state index in [-0.39, 0.29) is 5.76 Å². The first-order valence-corrected chi connectivity index (χ1v) is 5.42. The van der Waals surface area contributed by atoms with Crippen molar-refractivity contribution in [2.75, 3.05) is 0 Å². The largest absolute Gasteiger partial charge is 0.480 e. The molecule has 0 spiro atoms. The highest BCUT2D eigenvalue weighted by Gasteiger charge is 2.32. The topological polar surface area (TPSA) is 92.4 Å². The molecule has 0 aromatic carbocycles. The van der Waals surface area contributed by atoms with Crippen molar-refractivity contribution in [3.8, 4) is 0 Å². The van der Waals surface area contributed by atoms with Gasteiger partial charge >= 0.3 is 5.97 Å². The smallest absolute Gasteiger partial charge is 0.328 e. The predicted octanol–water partition coefficient (Wildman–Crippen LogP) is 1.15. The van der Waals surface area contributed by atoms with Crippen molar-refractivity contribution in [2.45, 2.75) is 38.1 Å². The number of aliphatic carboxylic acids is 1. The van der Waals surface area contributed by atoms with Gasteiger partial charge in [0.15, 0.2) is 0 Å². The fourth-order valence-corrected chi connectivity index (χ4v) is 1.37. The molecule has 1 aromatic heterocycles. The zero-order chi connectivity index (χ0) is 12.6. The van der Waals surface area contributed by atoms with Crippen LogP contribution in [0.1, 0.15) is 48.9 Å². The molecule has 1 aliphatic carbocycles. The lowest BCUT2D eigenvalue weighted by molar-refractivity contribution is -0.143. The molecule has 1 fully saturated rings. The lowest BCUT2D eigenvalue weighted by Gasteiger charge is -2.19. The van der Waals surface area contributed by atoms with E-state index in [4.69, 9.17) is 9.63 Å². The van der Waals surface area contributed by atoms with Crippen molar-refractivity contribution in [2.24, 2.45) is 0 Å². The van der Waals surface area contributed by atoms with Gasteiger partial charge in [-0.1, -0.05) is 5.16 Å². The molecule has 92 valence electrons. The van der Waals surface area contributed by atoms with Crippen molar-refractivity contribution in [1.82, 2.24) is 10.5 Å². The van der Waals surface area contributed by atoms with Crippen molar-refractivity contribution in [3.63, 3.8) is 0 Å². The molecule has 0 unspecified atom stereocenters. The van der Waals surface area contributed by atoms with E-state index in [1.54, 1.807) is 6.07 Å². The van der Waals surface area contributed by atoms with Gasteiger partial charge in [0.2, 0.25) is 5.76 Å². The second kappa shape index (κ2) is 3.87. The summed E-state index contributed by atoms with van der Waals surface area (Å²) >= 11 is 0. The molecule has 0 bridgehead atoms. The van der Waals surface area contributed by atoms with Crippen LogP contribution in [-0.4, -0.2) is 27.7 Å². The second-order valence-electron chi connectivity index (χ2n) is 4.77. The van der Waals surface area contributed by atoms with Crippen LogP contribution in [0.4, 0.5) is 0 Å². The van der Waals surface area contributed by atoms with Gasteiger partial charge in [-0.2, -0.15) is 0 Å². The van der Waals surface area contributed by atoms with Gasteiger partial charge < -0.3 is 14.9 Å². The Kier molecular flexibility index (Phi) is 2.65. The molecular formula is C11H14N2O4. The Hall–Kier alpha value is -1.85. The normalized spacial score (nSPS) is 15.6. The number of rotatable bonds is 4. The summed E-state index contributed by atoms with van der Waals surface area (Å²) in [6.45, 7) is 2.82. The molecule has 1 aliphatic rings. The van der Waals surface area contributed by atoms with Crippen LogP contribution in [0.2, 0.25) is 0 Å². The van der Waals surface area contributed by atoms with Crippen molar-refractivity contribution in [1.29, 1.82) is 0 Å². The van der Waals surface area contributed by atoms with Crippen molar-refractivity contribution in [3.05, 3.63) is 17.5 Å². The molecule has 1 aromatic rings. The molecule has 2 N–H and O–H groups in total. The van der Waals surface area contributed by atoms with Gasteiger partial charge in [0.1, 0.15) is 5.54 Å². The van der Waals surface area contributed by atoms with E-state index in [0.29, 0.717) is 5.92 Å². The van der Waals surface area contributed by atoms with Gasteiger partial charge in [-0.3, -0.25) is 4.79 Å². The van der Waals surface area contributed by atoms with E-state index < -0.39 is 17.4 Å². The lowest BCUT2D eigenvalue weighted by atomic mass is 10.1. The summed E-state index contributed by atoms with van der Waals surface area (Å²) in [5.41, 5.74) is -0.563. The van der Waals surface area contributed by atoms with E-state index in [1.807, 2.05) is 0 Å². The van der Waals surface area contributed by atoms with Gasteiger partial charge in [-0.25, -0.2) is 4.79 Å². The maximum Gasteiger partial charge on any atom is 0.328 e. The SMILES string of the molecule is CC(C)(NC(=O)c1cc(C2CC2)no1)C(=O)O. The molecular weight excluding hydrogens is 224 g/mol. The van der Waals surface area contributed by atoms with E-state index in [2.05, 4.69) is 10.5 Å². The molecule has 0 aliphatic heterocycles. The minimum atomic E-state index is -1.33. The van der Waals surface area contributed by atoms with Gasteiger partial charge in [-0.05, 0) is 26.7 Å². The summed E-state index contributed by atoms with van der Waals surface area (Å²) < 4.78 is 4.90. The fourth-order valence-electron chi connectivity index (χ4n) is 1.37. The number of nitrogens with one attached hydrogen (secondary N) is 1. The van der Waals surface area contributed by atoms with E-state index >= 15 is 0 Å². The molecule has 0 saturated heterocycles. The second-order valence-corrected chi connectivity index (χ2v) is 4.77. The molecule has 1 heterocycles. The van der Waals surface area contributed by atoms with Gasteiger partial charge in [0, 0.05) is 12.0 Å². The summed E-state index contributed by atoms with van der Waals surface area (Å²) in [5.74, 6) is -1.21. The van der Waals surface area contributed by atoms with E-state index in [0.717, 1.165) is 18.5 Å². The van der Waals surface area contributed by atoms with Crippen LogP contribution in [0, 0.1) is 0 Å². The molecule has 6 heteroatoms. The third-order valence-corrected chi connectivity index (χ3v) is 2.71. The monoisotopic (exact) mass is 238 g/mol. The third-order valence-electron chi connectivity index (χ3n) is 2.71. The molecule has 0 atom stereocenters. The summed E-state index contributed by atoms with van der Waals surface area (Å²) in [6, 6.07) is 1.57. The zero-order valence-corrected chi connectivity index (χ0v) is 9.69. The highest BCUT2D eigenvalue weighted by Crippen LogP contribution is 2.39. The lowest BCUT2D eigenvalue weighted by Crippen LogP contribution is -2.49. The van der Waals surface area contributed by atoms with E-state index in [9.17, 15) is 9.59 Å². The summed E-state index contributed by atoms with van der Waals surface area (Å²) in [7, 11) is 0. The first-order chi connectivity index (χ1) is 7.90. The Morgan fingerprint density at radius 1 is 1.53 bits per heavy atom. The average Bonchev–Trinajstić information content (AvgIpc) is 2.95. The highest BCUT2D eigenvalue weighted by molar-refractivity contribution is 5.95. The van der Waals surface area contributed by atoms with Crippen LogP contribution in [-0.2, 0) is 4.79 Å². The number of carbonyl (C=O) groups excluding carboxylic acids is 1. The van der Waals surface area contributed by atoms with Gasteiger partial charge in [0.05, 0.1) is 5.69 Å².